The van der Waals surface area contributed by atoms with Crippen molar-refractivity contribution in [3.63, 3.8) is 0 Å². The number of nitrogens with one attached hydrogen (secondary N) is 1. The lowest BCUT2D eigenvalue weighted by Crippen LogP contribution is -2.35. The number of methoxy groups -OCH3 is 1. The first-order valence-electron chi connectivity index (χ1n) is 7.11. The van der Waals surface area contributed by atoms with E-state index in [4.69, 9.17) is 10.5 Å². The summed E-state index contributed by atoms with van der Waals surface area (Å²) in [4.78, 5) is 14.4. The molecule has 0 heterocycles. The number of carbonyl (C=O) groups is 1. The molecule has 0 saturated heterocycles. The molecule has 3 N–H and O–H groups in total. The topological polar surface area (TPSA) is 67.6 Å². The maximum absolute atomic E-state index is 12.2. The van der Waals surface area contributed by atoms with Crippen LogP contribution in [0.3, 0.4) is 0 Å². The number of nitrogens with two attached hydrogens (primary N) is 1. The van der Waals surface area contributed by atoms with Crippen molar-refractivity contribution < 1.29 is 9.53 Å². The number of benzene rings is 1. The van der Waals surface area contributed by atoms with Crippen molar-refractivity contribution in [1.82, 2.24) is 4.90 Å². The Morgan fingerprint density at radius 2 is 2.25 bits per heavy atom. The normalized spacial score (nSPS) is 14.3. The highest BCUT2D eigenvalue weighted by Gasteiger charge is 2.29. The van der Waals surface area contributed by atoms with Gasteiger partial charge in [0.15, 0.2) is 0 Å². The fraction of sp³-hybridized carbons (Fsp3) is 0.533. The molecule has 1 aliphatic rings. The molecule has 1 aromatic carbocycles. The summed E-state index contributed by atoms with van der Waals surface area (Å²) in [5.74, 6) is 0.607. The minimum atomic E-state index is -0.0192. The molecule has 20 heavy (non-hydrogen) atoms. The minimum absolute atomic E-state index is 0.0192. The summed E-state index contributed by atoms with van der Waals surface area (Å²) in [6.45, 7) is 3.52. The molecule has 2 rings (SSSR count). The summed E-state index contributed by atoms with van der Waals surface area (Å²) < 4.78 is 5.23. The van der Waals surface area contributed by atoms with E-state index in [1.807, 2.05) is 0 Å². The largest absolute Gasteiger partial charge is 0.495 e. The van der Waals surface area contributed by atoms with Gasteiger partial charge in [0.1, 0.15) is 5.75 Å². The van der Waals surface area contributed by atoms with Crippen LogP contribution in [0.2, 0.25) is 0 Å². The Hall–Kier alpha value is -1.75. The fourth-order valence-electron chi connectivity index (χ4n) is 2.32. The van der Waals surface area contributed by atoms with Crippen molar-refractivity contribution in [1.29, 1.82) is 0 Å². The lowest BCUT2D eigenvalue weighted by atomic mass is 10.2. The van der Waals surface area contributed by atoms with Gasteiger partial charge in [0.25, 0.3) is 0 Å². The Labute approximate surface area is 120 Å². The van der Waals surface area contributed by atoms with Crippen molar-refractivity contribution in [3.05, 3.63) is 18.2 Å². The second-order valence-electron chi connectivity index (χ2n) is 5.21. The molecule has 5 heteroatoms. The van der Waals surface area contributed by atoms with E-state index < -0.39 is 0 Å². The van der Waals surface area contributed by atoms with Gasteiger partial charge in [-0.1, -0.05) is 6.92 Å². The van der Waals surface area contributed by atoms with Crippen LogP contribution in [-0.2, 0) is 4.79 Å². The van der Waals surface area contributed by atoms with Crippen LogP contribution in [0, 0.1) is 0 Å². The summed E-state index contributed by atoms with van der Waals surface area (Å²) in [6.07, 6.45) is 3.47. The maximum atomic E-state index is 12.2. The number of hydrogen-bond donors (Lipinski definition) is 2. The molecule has 1 aromatic rings. The predicted octanol–water partition coefficient (Wildman–Crippen LogP) is 2.09. The molecular formula is C15H23N3O2. The van der Waals surface area contributed by atoms with Gasteiger partial charge in [0.2, 0.25) is 5.91 Å². The molecule has 0 bridgehead atoms. The third kappa shape index (κ3) is 3.87. The quantitative estimate of drug-likeness (QED) is 0.749. The molecule has 1 aliphatic carbocycles. The fourth-order valence-corrected chi connectivity index (χ4v) is 2.32. The molecule has 0 aliphatic heterocycles. The average molecular weight is 277 g/mol. The SMILES string of the molecule is CCCN(CC(=O)Nc1cc(N)ccc1OC)C1CC1. The molecule has 0 atom stereocenters. The third-order valence-electron chi connectivity index (χ3n) is 3.42. The van der Waals surface area contributed by atoms with Crippen LogP contribution in [0.4, 0.5) is 11.4 Å². The molecule has 5 nitrogen and oxygen atoms in total. The smallest absolute Gasteiger partial charge is 0.238 e. The van der Waals surface area contributed by atoms with Crippen molar-refractivity contribution in [2.45, 2.75) is 32.2 Å². The number of nitrogens with zero attached hydrogens (tertiary/aromatic N) is 1. The van der Waals surface area contributed by atoms with Gasteiger partial charge in [-0.25, -0.2) is 0 Å². The zero-order chi connectivity index (χ0) is 14.5. The molecule has 1 fully saturated rings. The third-order valence-corrected chi connectivity index (χ3v) is 3.42. The summed E-state index contributed by atoms with van der Waals surface area (Å²) in [5.41, 5.74) is 6.98. The van der Waals surface area contributed by atoms with E-state index in [1.165, 1.54) is 12.8 Å². The second kappa shape index (κ2) is 6.61. The Morgan fingerprint density at radius 1 is 1.50 bits per heavy atom. The summed E-state index contributed by atoms with van der Waals surface area (Å²) >= 11 is 0. The van der Waals surface area contributed by atoms with E-state index in [-0.39, 0.29) is 5.91 Å². The Morgan fingerprint density at radius 3 is 2.85 bits per heavy atom. The molecule has 0 spiro atoms. The van der Waals surface area contributed by atoms with Gasteiger partial charge >= 0.3 is 0 Å². The summed E-state index contributed by atoms with van der Waals surface area (Å²) in [7, 11) is 1.58. The highest BCUT2D eigenvalue weighted by atomic mass is 16.5. The molecule has 0 aromatic heterocycles. The number of nitrogen functional groups attached to an aromatic ring is 1. The predicted molar refractivity (Wildman–Crippen MR) is 80.9 cm³/mol. The number of amides is 1. The van der Waals surface area contributed by atoms with E-state index in [0.29, 0.717) is 29.7 Å². The lowest BCUT2D eigenvalue weighted by molar-refractivity contribution is -0.117. The van der Waals surface area contributed by atoms with Gasteiger partial charge in [-0.05, 0) is 44.0 Å². The van der Waals surface area contributed by atoms with Gasteiger partial charge in [-0.3, -0.25) is 9.69 Å². The first-order chi connectivity index (χ1) is 9.63. The highest BCUT2D eigenvalue weighted by Crippen LogP contribution is 2.28. The first-order valence-corrected chi connectivity index (χ1v) is 7.11. The second-order valence-corrected chi connectivity index (χ2v) is 5.21. The zero-order valence-electron chi connectivity index (χ0n) is 12.2. The van der Waals surface area contributed by atoms with Crippen molar-refractivity contribution >= 4 is 17.3 Å². The van der Waals surface area contributed by atoms with E-state index in [2.05, 4.69) is 17.1 Å². The standard InChI is InChI=1S/C15H23N3O2/c1-3-8-18(12-5-6-12)10-15(19)17-13-9-11(16)4-7-14(13)20-2/h4,7,9,12H,3,5-6,8,10,16H2,1-2H3,(H,17,19). The Balaban J connectivity index is 1.98. The Bertz CT molecular complexity index is 472. The van der Waals surface area contributed by atoms with Gasteiger partial charge < -0.3 is 15.8 Å². The number of rotatable bonds is 7. The van der Waals surface area contributed by atoms with Crippen molar-refractivity contribution in [2.75, 3.05) is 31.2 Å². The van der Waals surface area contributed by atoms with Crippen LogP contribution < -0.4 is 15.8 Å². The van der Waals surface area contributed by atoms with Crippen LogP contribution in [0.15, 0.2) is 18.2 Å². The molecule has 1 saturated carbocycles. The summed E-state index contributed by atoms with van der Waals surface area (Å²) in [6, 6.07) is 5.82. The van der Waals surface area contributed by atoms with E-state index >= 15 is 0 Å². The van der Waals surface area contributed by atoms with Gasteiger partial charge in [-0.15, -0.1) is 0 Å². The lowest BCUT2D eigenvalue weighted by Gasteiger charge is -2.21. The minimum Gasteiger partial charge on any atom is -0.495 e. The van der Waals surface area contributed by atoms with Crippen LogP contribution in [0.1, 0.15) is 26.2 Å². The number of anilines is 2. The number of ether oxygens (including phenoxy) is 1. The van der Waals surface area contributed by atoms with Crippen LogP contribution in [-0.4, -0.2) is 37.0 Å². The van der Waals surface area contributed by atoms with E-state index in [9.17, 15) is 4.79 Å². The van der Waals surface area contributed by atoms with Crippen LogP contribution in [0.5, 0.6) is 5.75 Å². The highest BCUT2D eigenvalue weighted by molar-refractivity contribution is 5.94. The maximum Gasteiger partial charge on any atom is 0.238 e. The van der Waals surface area contributed by atoms with E-state index in [1.54, 1.807) is 25.3 Å². The van der Waals surface area contributed by atoms with Gasteiger partial charge in [-0.2, -0.15) is 0 Å². The van der Waals surface area contributed by atoms with Gasteiger partial charge in [0.05, 0.1) is 19.3 Å². The monoisotopic (exact) mass is 277 g/mol. The Kier molecular flexibility index (Phi) is 4.84. The molecular weight excluding hydrogens is 254 g/mol. The number of hydrogen-bond acceptors (Lipinski definition) is 4. The summed E-state index contributed by atoms with van der Waals surface area (Å²) in [5, 5.41) is 2.89. The average Bonchev–Trinajstić information content (AvgIpc) is 3.23. The van der Waals surface area contributed by atoms with Crippen LogP contribution in [0.25, 0.3) is 0 Å². The molecule has 0 radical (unpaired) electrons. The number of carbonyl (C=O) groups excluding carboxylic acids is 1. The van der Waals surface area contributed by atoms with E-state index in [0.717, 1.165) is 13.0 Å². The molecule has 110 valence electrons. The van der Waals surface area contributed by atoms with Crippen molar-refractivity contribution in [3.8, 4) is 5.75 Å². The first kappa shape index (κ1) is 14.7. The van der Waals surface area contributed by atoms with Crippen molar-refractivity contribution in [2.24, 2.45) is 0 Å². The molecule has 1 amide bonds. The molecule has 0 unspecified atom stereocenters. The van der Waals surface area contributed by atoms with Crippen LogP contribution >= 0.6 is 0 Å². The van der Waals surface area contributed by atoms with Gasteiger partial charge in [0, 0.05) is 11.7 Å². The zero-order valence-corrected chi connectivity index (χ0v) is 12.2.